The van der Waals surface area contributed by atoms with Gasteiger partial charge in [-0.05, 0) is 37.0 Å². The van der Waals surface area contributed by atoms with Crippen molar-refractivity contribution in [3.05, 3.63) is 3.14 Å². The van der Waals surface area contributed by atoms with Gasteiger partial charge in [-0.15, -0.1) is 46.2 Å². The van der Waals surface area contributed by atoms with E-state index in [4.69, 9.17) is 12.2 Å². The Labute approximate surface area is 130 Å². The minimum Gasteiger partial charge on any atom is -0.108 e. The number of fused-ring (bicyclic) bond motifs is 1. The molecule has 98 valence electrons. The van der Waals surface area contributed by atoms with Crippen molar-refractivity contribution < 1.29 is 0 Å². The zero-order valence-corrected chi connectivity index (χ0v) is 14.8. The number of rotatable bonds is 0. The smallest absolute Gasteiger partial charge is 0.108 e. The van der Waals surface area contributed by atoms with Crippen molar-refractivity contribution in [1.82, 2.24) is 0 Å². The van der Waals surface area contributed by atoms with Gasteiger partial charge in [0, 0.05) is 10.00 Å². The van der Waals surface area contributed by atoms with E-state index in [1.165, 1.54) is 21.3 Å². The molecular weight excluding hydrogens is 316 g/mol. The summed E-state index contributed by atoms with van der Waals surface area (Å²) in [6.07, 6.45) is 2.87. The molecule has 0 spiro atoms. The van der Waals surface area contributed by atoms with Gasteiger partial charge in [0.05, 0.1) is 8.42 Å². The van der Waals surface area contributed by atoms with Crippen LogP contribution in [-0.2, 0) is 0 Å². The summed E-state index contributed by atoms with van der Waals surface area (Å²) in [6, 6.07) is 0. The van der Waals surface area contributed by atoms with Gasteiger partial charge in [0.25, 0.3) is 0 Å². The van der Waals surface area contributed by atoms with Crippen LogP contribution in [0.25, 0.3) is 0 Å². The van der Waals surface area contributed by atoms with Crippen molar-refractivity contribution in [3.63, 3.8) is 0 Å². The second kappa shape index (κ2) is 3.79. The van der Waals surface area contributed by atoms with Gasteiger partial charge in [-0.2, -0.15) is 0 Å². The molecule has 0 nitrogen and oxygen atoms in total. The molecule has 18 heavy (non-hydrogen) atoms. The van der Waals surface area contributed by atoms with Gasteiger partial charge in [-0.25, -0.2) is 0 Å². The maximum absolute atomic E-state index is 5.38. The van der Waals surface area contributed by atoms with Crippen LogP contribution in [-0.4, -0.2) is 10.00 Å². The standard InChI is InChI=1S/C13H16S5/c1-12(2)6-4-7(12)13(3)8(5-6)15-9-10(18-13)17-11(14)16-9/h6-8H,4-5H2,1-3H3/t6-,7-,8+,13-/m1/s1. The molecule has 4 atom stereocenters. The summed E-state index contributed by atoms with van der Waals surface area (Å²) in [5.41, 5.74) is 0.563. The minimum atomic E-state index is 0.440. The van der Waals surface area contributed by atoms with Crippen molar-refractivity contribution in [2.45, 2.75) is 52.0 Å². The van der Waals surface area contributed by atoms with E-state index < -0.39 is 0 Å². The first-order chi connectivity index (χ1) is 8.41. The maximum Gasteiger partial charge on any atom is 0.145 e. The Kier molecular flexibility index (Phi) is 2.67. The molecule has 1 aliphatic heterocycles. The molecule has 0 unspecified atom stereocenters. The van der Waals surface area contributed by atoms with Crippen molar-refractivity contribution in [2.24, 2.45) is 17.3 Å². The largest absolute Gasteiger partial charge is 0.145 e. The lowest BCUT2D eigenvalue weighted by Crippen LogP contribution is -2.64. The molecule has 1 aromatic heterocycles. The summed E-state index contributed by atoms with van der Waals surface area (Å²) in [4.78, 5) is 0. The fourth-order valence-corrected chi connectivity index (χ4v) is 11.8. The molecule has 5 heteroatoms. The molecule has 0 radical (unpaired) electrons. The minimum absolute atomic E-state index is 0.440. The third-order valence-electron chi connectivity index (χ3n) is 5.38. The Bertz CT molecular complexity index is 568. The van der Waals surface area contributed by atoms with Crippen LogP contribution in [0.1, 0.15) is 33.6 Å². The zero-order chi connectivity index (χ0) is 12.7. The monoisotopic (exact) mass is 332 g/mol. The summed E-state index contributed by atoms with van der Waals surface area (Å²) < 4.78 is 4.57. The first kappa shape index (κ1) is 12.7. The topological polar surface area (TPSA) is 0 Å². The molecule has 3 fully saturated rings. The molecular formula is C13H16S5. The van der Waals surface area contributed by atoms with Gasteiger partial charge in [-0.1, -0.05) is 26.1 Å². The Morgan fingerprint density at radius 3 is 2.56 bits per heavy atom. The van der Waals surface area contributed by atoms with E-state index in [0.29, 0.717) is 10.2 Å². The number of thioether (sulfide) groups is 2. The van der Waals surface area contributed by atoms with Crippen LogP contribution >= 0.6 is 58.4 Å². The quantitative estimate of drug-likeness (QED) is 0.540. The molecule has 4 aliphatic rings. The van der Waals surface area contributed by atoms with Crippen molar-refractivity contribution in [2.75, 3.05) is 0 Å². The average molecular weight is 333 g/mol. The summed E-state index contributed by atoms with van der Waals surface area (Å²) in [5, 5.41) is 0.812. The fourth-order valence-electron chi connectivity index (χ4n) is 4.13. The molecule has 2 heterocycles. The maximum atomic E-state index is 5.38. The van der Waals surface area contributed by atoms with Crippen molar-refractivity contribution >= 4 is 58.4 Å². The molecule has 3 aliphatic carbocycles. The highest BCUT2D eigenvalue weighted by atomic mass is 32.2. The lowest BCUT2D eigenvalue weighted by Gasteiger charge is -2.67. The van der Waals surface area contributed by atoms with Crippen LogP contribution < -0.4 is 0 Å². The van der Waals surface area contributed by atoms with E-state index in [1.807, 2.05) is 22.7 Å². The van der Waals surface area contributed by atoms with Crippen LogP contribution in [0.15, 0.2) is 8.42 Å². The lowest BCUT2D eigenvalue weighted by atomic mass is 9.45. The highest BCUT2D eigenvalue weighted by Crippen LogP contribution is 2.72. The average Bonchev–Trinajstić information content (AvgIpc) is 2.62. The molecule has 0 amide bonds. The molecule has 0 saturated heterocycles. The third kappa shape index (κ3) is 1.49. The number of hydrogen-bond acceptors (Lipinski definition) is 5. The van der Waals surface area contributed by atoms with Gasteiger partial charge in [0.1, 0.15) is 3.14 Å². The molecule has 2 bridgehead atoms. The summed E-state index contributed by atoms with van der Waals surface area (Å²) in [5.74, 6) is 1.85. The van der Waals surface area contributed by atoms with Crippen LogP contribution in [0, 0.1) is 20.4 Å². The first-order valence-electron chi connectivity index (χ1n) is 6.41. The zero-order valence-electron chi connectivity index (χ0n) is 10.7. The fraction of sp³-hybridized carbons (Fsp3) is 0.769. The Hall–Kier alpha value is 0.970. The second-order valence-corrected chi connectivity index (χ2v) is 12.9. The molecule has 5 rings (SSSR count). The van der Waals surface area contributed by atoms with E-state index in [9.17, 15) is 0 Å². The van der Waals surface area contributed by atoms with Gasteiger partial charge in [0.2, 0.25) is 0 Å². The Morgan fingerprint density at radius 2 is 1.83 bits per heavy atom. The first-order valence-corrected chi connectivity index (χ1v) is 10.1. The predicted octanol–water partition coefficient (Wildman–Crippen LogP) is 5.93. The van der Waals surface area contributed by atoms with E-state index in [2.05, 4.69) is 44.3 Å². The van der Waals surface area contributed by atoms with Crippen LogP contribution in [0.3, 0.4) is 0 Å². The second-order valence-electron chi connectivity index (χ2n) is 6.46. The predicted molar refractivity (Wildman–Crippen MR) is 86.9 cm³/mol. The van der Waals surface area contributed by atoms with Gasteiger partial charge in [0.15, 0.2) is 0 Å². The highest BCUT2D eigenvalue weighted by molar-refractivity contribution is 8.09. The normalized spacial score (nSPS) is 43.8. The van der Waals surface area contributed by atoms with Crippen LogP contribution in [0.5, 0.6) is 0 Å². The summed E-state index contributed by atoms with van der Waals surface area (Å²) in [6.45, 7) is 7.50. The molecule has 3 saturated carbocycles. The molecule has 0 N–H and O–H groups in total. The number of hydrogen-bond donors (Lipinski definition) is 0. The molecule has 0 aromatic carbocycles. The van der Waals surface area contributed by atoms with E-state index in [-0.39, 0.29) is 0 Å². The lowest BCUT2D eigenvalue weighted by molar-refractivity contribution is -0.0818. The third-order valence-corrected chi connectivity index (χ3v) is 12.0. The summed E-state index contributed by atoms with van der Waals surface area (Å²) in [7, 11) is 0. The Morgan fingerprint density at radius 1 is 1.11 bits per heavy atom. The van der Waals surface area contributed by atoms with E-state index >= 15 is 0 Å². The molecule has 1 aromatic rings. The SMILES string of the molecule is CC1(C)[C@H]2C[C@@H]3Sc4sc(=S)sc4S[C@]3(C)[C@@H]1C2. The van der Waals surface area contributed by atoms with E-state index in [1.54, 1.807) is 0 Å². The van der Waals surface area contributed by atoms with Gasteiger partial charge in [-0.3, -0.25) is 0 Å². The highest BCUT2D eigenvalue weighted by Gasteiger charge is 2.64. The van der Waals surface area contributed by atoms with Crippen molar-refractivity contribution in [3.8, 4) is 0 Å². The van der Waals surface area contributed by atoms with Gasteiger partial charge >= 0.3 is 0 Å². The van der Waals surface area contributed by atoms with E-state index in [0.717, 1.165) is 20.2 Å². The van der Waals surface area contributed by atoms with Crippen LogP contribution in [0.2, 0.25) is 0 Å². The Balaban J connectivity index is 1.79. The van der Waals surface area contributed by atoms with Crippen molar-refractivity contribution in [1.29, 1.82) is 0 Å². The van der Waals surface area contributed by atoms with Gasteiger partial charge < -0.3 is 0 Å². The van der Waals surface area contributed by atoms with Crippen LogP contribution in [0.4, 0.5) is 0 Å². The summed E-state index contributed by atoms with van der Waals surface area (Å²) >= 11 is 13.3.